The van der Waals surface area contributed by atoms with Gasteiger partial charge in [-0.1, -0.05) is 0 Å². The molecule has 7 nitrogen and oxygen atoms in total. The number of nitrogens with one attached hydrogen (secondary N) is 1. The molecule has 0 aromatic heterocycles. The van der Waals surface area contributed by atoms with Gasteiger partial charge in [0, 0.05) is 18.3 Å². The second kappa shape index (κ2) is 5.08. The van der Waals surface area contributed by atoms with Gasteiger partial charge in [-0.3, -0.25) is 14.5 Å². The second-order valence-electron chi connectivity index (χ2n) is 4.79. The monoisotopic (exact) mass is 315 g/mol. The Hall–Kier alpha value is -2.00. The van der Waals surface area contributed by atoms with Gasteiger partial charge >= 0.3 is 0 Å². The zero-order valence-electron chi connectivity index (χ0n) is 11.4. The summed E-state index contributed by atoms with van der Waals surface area (Å²) in [6.07, 6.45) is -0.265. The van der Waals surface area contributed by atoms with Gasteiger partial charge in [0.1, 0.15) is 11.9 Å². The van der Waals surface area contributed by atoms with Gasteiger partial charge in [0.2, 0.25) is 21.8 Å². The van der Waals surface area contributed by atoms with Crippen LogP contribution in [0, 0.1) is 12.7 Å². The smallest absolute Gasteiger partial charge is 0.247 e. The van der Waals surface area contributed by atoms with Crippen LogP contribution < -0.4 is 10.5 Å². The quantitative estimate of drug-likeness (QED) is 0.590. The third kappa shape index (κ3) is 2.74. The maximum absolute atomic E-state index is 13.6. The molecule has 1 atom stereocenters. The highest BCUT2D eigenvalue weighted by Crippen LogP contribution is 2.23. The van der Waals surface area contributed by atoms with Crippen molar-refractivity contribution in [1.82, 2.24) is 9.62 Å². The van der Waals surface area contributed by atoms with Crippen molar-refractivity contribution in [3.63, 3.8) is 0 Å². The Bertz CT molecular complexity index is 732. The molecule has 0 spiro atoms. The molecule has 21 heavy (non-hydrogen) atoms. The topological polar surface area (TPSA) is 110 Å². The summed E-state index contributed by atoms with van der Waals surface area (Å²) >= 11 is 0. The molecule has 1 aliphatic rings. The third-order valence-corrected chi connectivity index (χ3v) is 4.89. The number of sulfonamides is 1. The molecule has 0 aliphatic carbocycles. The highest BCUT2D eigenvalue weighted by Gasteiger charge is 2.39. The van der Waals surface area contributed by atoms with Crippen LogP contribution in [-0.4, -0.2) is 38.2 Å². The molecule has 1 saturated heterocycles. The Balaban J connectivity index is 2.36. The van der Waals surface area contributed by atoms with Gasteiger partial charge in [0.25, 0.3) is 0 Å². The summed E-state index contributed by atoms with van der Waals surface area (Å²) in [6.45, 7) is 1.29. The fourth-order valence-corrected chi connectivity index (χ4v) is 3.53. The van der Waals surface area contributed by atoms with Crippen LogP contribution in [0.1, 0.15) is 12.0 Å². The van der Waals surface area contributed by atoms with E-state index in [0.717, 1.165) is 17.0 Å². The first-order valence-corrected chi connectivity index (χ1v) is 7.50. The Labute approximate surface area is 121 Å². The van der Waals surface area contributed by atoms with Crippen molar-refractivity contribution in [1.29, 1.82) is 0 Å². The van der Waals surface area contributed by atoms with Gasteiger partial charge in [-0.15, -0.1) is 0 Å². The number of carbonyl (C=O) groups is 2. The number of nitrogen functional groups attached to an aromatic ring is 1. The van der Waals surface area contributed by atoms with E-state index in [1.807, 2.05) is 0 Å². The first-order chi connectivity index (χ1) is 9.63. The van der Waals surface area contributed by atoms with E-state index in [-0.39, 0.29) is 22.6 Å². The number of likely N-dealkylation sites (tertiary alicyclic amines) is 1. The van der Waals surface area contributed by atoms with Crippen molar-refractivity contribution in [3.05, 3.63) is 23.5 Å². The zero-order valence-corrected chi connectivity index (χ0v) is 12.2. The molecule has 1 fully saturated rings. The van der Waals surface area contributed by atoms with E-state index in [1.165, 1.54) is 14.0 Å². The number of hydrogen-bond donors (Lipinski definition) is 2. The molecule has 114 valence electrons. The number of likely N-dealkylation sites (N-methyl/N-ethyl adjacent to an activating group) is 1. The number of nitrogens with two attached hydrogens (primary N) is 1. The fraction of sp³-hybridized carbons (Fsp3) is 0.333. The van der Waals surface area contributed by atoms with Crippen LogP contribution >= 0.6 is 0 Å². The van der Waals surface area contributed by atoms with E-state index >= 15 is 0 Å². The summed E-state index contributed by atoms with van der Waals surface area (Å²) in [5.74, 6) is -1.89. The Morgan fingerprint density at radius 2 is 2.00 bits per heavy atom. The number of amides is 2. The van der Waals surface area contributed by atoms with Gasteiger partial charge in [0.15, 0.2) is 0 Å². The summed E-state index contributed by atoms with van der Waals surface area (Å²) in [4.78, 5) is 23.6. The lowest BCUT2D eigenvalue weighted by Gasteiger charge is -2.14. The number of rotatable bonds is 3. The number of nitrogens with zero attached hydrogens (tertiary/aromatic N) is 1. The highest BCUT2D eigenvalue weighted by molar-refractivity contribution is 7.89. The first-order valence-electron chi connectivity index (χ1n) is 6.02. The molecule has 9 heteroatoms. The van der Waals surface area contributed by atoms with Crippen LogP contribution in [0.25, 0.3) is 0 Å². The average molecular weight is 315 g/mol. The van der Waals surface area contributed by atoms with Crippen molar-refractivity contribution >= 4 is 27.5 Å². The molecule has 1 aliphatic heterocycles. The summed E-state index contributed by atoms with van der Waals surface area (Å²) in [6, 6.07) is 0.925. The Kier molecular flexibility index (Phi) is 3.72. The van der Waals surface area contributed by atoms with Crippen molar-refractivity contribution in [2.24, 2.45) is 0 Å². The standard InChI is InChI=1S/C12H14FN3O4S/c1-6-8(13)3-7(14)4-10(6)21(19,20)15-9-5-11(17)16(2)12(9)18/h3-4,9,15H,5,14H2,1-2H3. The molecule has 3 N–H and O–H groups in total. The molecule has 1 aromatic carbocycles. The average Bonchev–Trinajstić information content (AvgIpc) is 2.61. The maximum Gasteiger partial charge on any atom is 0.247 e. The van der Waals surface area contributed by atoms with E-state index in [0.29, 0.717) is 0 Å². The van der Waals surface area contributed by atoms with Gasteiger partial charge < -0.3 is 5.73 Å². The molecule has 1 aromatic rings. The van der Waals surface area contributed by atoms with Gasteiger partial charge in [-0.05, 0) is 19.1 Å². The zero-order chi connectivity index (χ0) is 15.9. The minimum absolute atomic E-state index is 0.0515. The lowest BCUT2D eigenvalue weighted by molar-refractivity contribution is -0.137. The van der Waals surface area contributed by atoms with Crippen LogP contribution in [0.15, 0.2) is 17.0 Å². The van der Waals surface area contributed by atoms with Crippen molar-refractivity contribution in [2.75, 3.05) is 12.8 Å². The summed E-state index contributed by atoms with van der Waals surface area (Å²) < 4.78 is 40.2. The lowest BCUT2D eigenvalue weighted by Crippen LogP contribution is -2.40. The van der Waals surface area contributed by atoms with Crippen LogP contribution in [-0.2, 0) is 19.6 Å². The van der Waals surface area contributed by atoms with Crippen LogP contribution in [0.4, 0.5) is 10.1 Å². The van der Waals surface area contributed by atoms with Crippen LogP contribution in [0.5, 0.6) is 0 Å². The molecule has 0 bridgehead atoms. The van der Waals surface area contributed by atoms with E-state index in [9.17, 15) is 22.4 Å². The lowest BCUT2D eigenvalue weighted by atomic mass is 10.2. The third-order valence-electron chi connectivity index (χ3n) is 3.29. The van der Waals surface area contributed by atoms with E-state index < -0.39 is 33.7 Å². The number of carbonyl (C=O) groups excluding carboxylic acids is 2. The number of halogens is 1. The van der Waals surface area contributed by atoms with E-state index in [4.69, 9.17) is 5.73 Å². The number of imide groups is 1. The van der Waals surface area contributed by atoms with Crippen molar-refractivity contribution in [3.8, 4) is 0 Å². The van der Waals surface area contributed by atoms with Gasteiger partial charge in [-0.25, -0.2) is 12.8 Å². The molecule has 0 saturated carbocycles. The molecular formula is C12H14FN3O4S. The molecule has 2 rings (SSSR count). The maximum atomic E-state index is 13.6. The van der Waals surface area contributed by atoms with Crippen molar-refractivity contribution < 1.29 is 22.4 Å². The van der Waals surface area contributed by atoms with Crippen molar-refractivity contribution in [2.45, 2.75) is 24.3 Å². The Morgan fingerprint density at radius 3 is 2.52 bits per heavy atom. The molecular weight excluding hydrogens is 301 g/mol. The summed E-state index contributed by atoms with van der Waals surface area (Å²) in [5, 5.41) is 0. The number of benzene rings is 1. The first kappa shape index (κ1) is 15.4. The molecule has 0 radical (unpaired) electrons. The van der Waals surface area contributed by atoms with Gasteiger partial charge in [-0.2, -0.15) is 4.72 Å². The van der Waals surface area contributed by atoms with Crippen LogP contribution in [0.2, 0.25) is 0 Å². The van der Waals surface area contributed by atoms with E-state index in [1.54, 1.807) is 0 Å². The fourth-order valence-electron chi connectivity index (χ4n) is 2.05. The Morgan fingerprint density at radius 1 is 1.38 bits per heavy atom. The second-order valence-corrected chi connectivity index (χ2v) is 6.48. The number of anilines is 1. The summed E-state index contributed by atoms with van der Waals surface area (Å²) in [5.41, 5.74) is 5.28. The summed E-state index contributed by atoms with van der Waals surface area (Å²) in [7, 11) is -2.90. The molecule has 1 heterocycles. The minimum atomic E-state index is -4.17. The minimum Gasteiger partial charge on any atom is -0.399 e. The number of hydrogen-bond acceptors (Lipinski definition) is 5. The predicted octanol–water partition coefficient (Wildman–Crippen LogP) is -0.248. The van der Waals surface area contributed by atoms with E-state index in [2.05, 4.69) is 4.72 Å². The molecule has 2 amide bonds. The van der Waals surface area contributed by atoms with Gasteiger partial charge in [0.05, 0.1) is 11.3 Å². The normalized spacial score (nSPS) is 19.4. The SMILES string of the molecule is Cc1c(F)cc(N)cc1S(=O)(=O)NC1CC(=O)N(C)C1=O. The molecule has 1 unspecified atom stereocenters. The van der Waals surface area contributed by atoms with Crippen LogP contribution in [0.3, 0.4) is 0 Å². The predicted molar refractivity (Wildman–Crippen MR) is 72.1 cm³/mol. The highest BCUT2D eigenvalue weighted by atomic mass is 32.2. The largest absolute Gasteiger partial charge is 0.399 e.